The minimum absolute atomic E-state index is 0.215. The van der Waals surface area contributed by atoms with Gasteiger partial charge in [0.1, 0.15) is 5.60 Å². The lowest BCUT2D eigenvalue weighted by Gasteiger charge is -2.19. The Labute approximate surface area is 129 Å². The van der Waals surface area contributed by atoms with E-state index < -0.39 is 11.6 Å². The van der Waals surface area contributed by atoms with Crippen molar-refractivity contribution in [3.63, 3.8) is 0 Å². The molecule has 0 amide bonds. The lowest BCUT2D eigenvalue weighted by atomic mass is 10.1. The SMILES string of the molecule is COC(=O)c1c(N)cccc1CSCC(=O)OC(C)(C)C. The van der Waals surface area contributed by atoms with Crippen LogP contribution in [0.15, 0.2) is 18.2 Å². The highest BCUT2D eigenvalue weighted by atomic mass is 32.2. The van der Waals surface area contributed by atoms with Crippen LogP contribution < -0.4 is 5.73 Å². The molecule has 0 atom stereocenters. The van der Waals surface area contributed by atoms with Crippen molar-refractivity contribution in [1.82, 2.24) is 0 Å². The van der Waals surface area contributed by atoms with E-state index in [4.69, 9.17) is 15.2 Å². The molecule has 116 valence electrons. The molecule has 1 aromatic rings. The Morgan fingerprint density at radius 1 is 1.29 bits per heavy atom. The van der Waals surface area contributed by atoms with Gasteiger partial charge in [0, 0.05) is 11.4 Å². The first kappa shape index (κ1) is 17.4. The van der Waals surface area contributed by atoms with Crippen molar-refractivity contribution in [1.29, 1.82) is 0 Å². The van der Waals surface area contributed by atoms with E-state index in [1.54, 1.807) is 18.2 Å². The number of thioether (sulfide) groups is 1. The van der Waals surface area contributed by atoms with Crippen molar-refractivity contribution in [2.45, 2.75) is 32.1 Å². The highest BCUT2D eigenvalue weighted by Gasteiger charge is 2.18. The van der Waals surface area contributed by atoms with E-state index >= 15 is 0 Å². The molecule has 0 saturated carbocycles. The minimum Gasteiger partial charge on any atom is -0.465 e. The van der Waals surface area contributed by atoms with Crippen LogP contribution in [0, 0.1) is 0 Å². The molecule has 0 spiro atoms. The molecule has 1 aromatic carbocycles. The summed E-state index contributed by atoms with van der Waals surface area (Å²) in [5.41, 5.74) is 6.79. The molecule has 0 radical (unpaired) electrons. The zero-order valence-electron chi connectivity index (χ0n) is 12.8. The number of hydrogen-bond acceptors (Lipinski definition) is 6. The third kappa shape index (κ3) is 5.67. The van der Waals surface area contributed by atoms with Crippen molar-refractivity contribution in [3.8, 4) is 0 Å². The van der Waals surface area contributed by atoms with Crippen LogP contribution >= 0.6 is 11.8 Å². The fraction of sp³-hybridized carbons (Fsp3) is 0.467. The number of ether oxygens (including phenoxy) is 2. The Morgan fingerprint density at radius 2 is 1.95 bits per heavy atom. The predicted molar refractivity (Wildman–Crippen MR) is 84.2 cm³/mol. The molecule has 0 aliphatic carbocycles. The monoisotopic (exact) mass is 311 g/mol. The molecule has 21 heavy (non-hydrogen) atoms. The van der Waals surface area contributed by atoms with Crippen LogP contribution in [0.1, 0.15) is 36.7 Å². The quantitative estimate of drug-likeness (QED) is 0.665. The number of benzene rings is 1. The second-order valence-corrected chi connectivity index (χ2v) is 6.44. The average Bonchev–Trinajstić information content (AvgIpc) is 2.36. The van der Waals surface area contributed by atoms with Gasteiger partial charge in [0.15, 0.2) is 0 Å². The summed E-state index contributed by atoms with van der Waals surface area (Å²) >= 11 is 1.37. The number of esters is 2. The Morgan fingerprint density at radius 3 is 2.52 bits per heavy atom. The summed E-state index contributed by atoms with van der Waals surface area (Å²) in [6.45, 7) is 5.47. The maximum atomic E-state index is 11.7. The number of carbonyl (C=O) groups excluding carboxylic acids is 2. The highest BCUT2D eigenvalue weighted by Crippen LogP contribution is 2.23. The van der Waals surface area contributed by atoms with Crippen molar-refractivity contribution < 1.29 is 19.1 Å². The van der Waals surface area contributed by atoms with Gasteiger partial charge in [-0.3, -0.25) is 4.79 Å². The number of carbonyl (C=O) groups is 2. The minimum atomic E-state index is -0.494. The van der Waals surface area contributed by atoms with Gasteiger partial charge in [-0.05, 0) is 32.4 Å². The van der Waals surface area contributed by atoms with Crippen LogP contribution in [0.3, 0.4) is 0 Å². The van der Waals surface area contributed by atoms with E-state index in [0.717, 1.165) is 5.56 Å². The fourth-order valence-corrected chi connectivity index (χ4v) is 2.49. The van der Waals surface area contributed by atoms with Gasteiger partial charge in [-0.1, -0.05) is 12.1 Å². The number of nitrogens with two attached hydrogens (primary N) is 1. The number of anilines is 1. The van der Waals surface area contributed by atoms with E-state index in [1.807, 2.05) is 20.8 Å². The van der Waals surface area contributed by atoms with E-state index in [0.29, 0.717) is 17.0 Å². The summed E-state index contributed by atoms with van der Waals surface area (Å²) in [5.74, 6) is -0.0570. The largest absolute Gasteiger partial charge is 0.465 e. The Hall–Kier alpha value is -1.69. The molecule has 0 bridgehead atoms. The lowest BCUT2D eigenvalue weighted by molar-refractivity contribution is -0.151. The molecule has 0 aliphatic heterocycles. The zero-order valence-corrected chi connectivity index (χ0v) is 13.6. The summed E-state index contributed by atoms with van der Waals surface area (Å²) in [6.07, 6.45) is 0. The normalized spacial score (nSPS) is 11.0. The van der Waals surface area contributed by atoms with Gasteiger partial charge in [0.25, 0.3) is 0 Å². The molecule has 5 nitrogen and oxygen atoms in total. The maximum absolute atomic E-state index is 11.7. The summed E-state index contributed by atoms with van der Waals surface area (Å²) in [5, 5.41) is 0. The molecule has 0 aliphatic rings. The average molecular weight is 311 g/mol. The summed E-state index contributed by atoms with van der Waals surface area (Å²) in [7, 11) is 1.31. The van der Waals surface area contributed by atoms with Crippen LogP contribution in [0.2, 0.25) is 0 Å². The van der Waals surface area contributed by atoms with Crippen molar-refractivity contribution >= 4 is 29.4 Å². The number of nitrogen functional groups attached to an aromatic ring is 1. The van der Waals surface area contributed by atoms with Gasteiger partial charge in [-0.15, -0.1) is 11.8 Å². The number of methoxy groups -OCH3 is 1. The molecule has 0 saturated heterocycles. The molecule has 0 aromatic heterocycles. The molecule has 2 N–H and O–H groups in total. The highest BCUT2D eigenvalue weighted by molar-refractivity contribution is 7.99. The number of rotatable bonds is 5. The topological polar surface area (TPSA) is 78.6 Å². The molecule has 0 unspecified atom stereocenters. The summed E-state index contributed by atoms with van der Waals surface area (Å²) in [4.78, 5) is 23.4. The first-order valence-electron chi connectivity index (χ1n) is 6.50. The molecule has 0 fully saturated rings. The molecule has 0 heterocycles. The Bertz CT molecular complexity index is 523. The van der Waals surface area contributed by atoms with Crippen molar-refractivity contribution in [2.24, 2.45) is 0 Å². The molecular formula is C15H21NO4S. The van der Waals surface area contributed by atoms with Crippen molar-refractivity contribution in [2.75, 3.05) is 18.6 Å². The third-order valence-corrected chi connectivity index (χ3v) is 3.42. The van der Waals surface area contributed by atoms with E-state index in [1.165, 1.54) is 18.9 Å². The van der Waals surface area contributed by atoms with Crippen LogP contribution in [-0.4, -0.2) is 30.4 Å². The van der Waals surface area contributed by atoms with E-state index in [9.17, 15) is 9.59 Å². The first-order chi connectivity index (χ1) is 9.74. The van der Waals surface area contributed by atoms with Gasteiger partial charge in [0.05, 0.1) is 18.4 Å². The Kier molecular flexibility index (Phi) is 6.08. The lowest BCUT2D eigenvalue weighted by Crippen LogP contribution is -2.25. The smallest absolute Gasteiger partial charge is 0.340 e. The van der Waals surface area contributed by atoms with Crippen LogP contribution in [0.5, 0.6) is 0 Å². The first-order valence-corrected chi connectivity index (χ1v) is 7.65. The van der Waals surface area contributed by atoms with Gasteiger partial charge in [-0.25, -0.2) is 4.79 Å². The summed E-state index contributed by atoms with van der Waals surface area (Å²) in [6, 6.07) is 5.21. The second kappa shape index (κ2) is 7.36. The Balaban J connectivity index is 2.66. The van der Waals surface area contributed by atoms with Gasteiger partial charge in [-0.2, -0.15) is 0 Å². The van der Waals surface area contributed by atoms with E-state index in [-0.39, 0.29) is 11.7 Å². The van der Waals surface area contributed by atoms with Crippen molar-refractivity contribution in [3.05, 3.63) is 29.3 Å². The van der Waals surface area contributed by atoms with Crippen LogP contribution in [0.25, 0.3) is 0 Å². The maximum Gasteiger partial charge on any atom is 0.340 e. The zero-order chi connectivity index (χ0) is 16.0. The standard InChI is InChI=1S/C15H21NO4S/c1-15(2,3)20-12(17)9-21-8-10-6-5-7-11(16)13(10)14(18)19-4/h5-7H,8-9,16H2,1-4H3. The third-order valence-electron chi connectivity index (χ3n) is 2.47. The van der Waals surface area contributed by atoms with Crippen LogP contribution in [0.4, 0.5) is 5.69 Å². The summed E-state index contributed by atoms with van der Waals surface area (Å²) < 4.78 is 9.95. The van der Waals surface area contributed by atoms with Gasteiger partial charge < -0.3 is 15.2 Å². The molecule has 6 heteroatoms. The second-order valence-electron chi connectivity index (χ2n) is 5.45. The molecular weight excluding hydrogens is 290 g/mol. The van der Waals surface area contributed by atoms with Crippen LogP contribution in [-0.2, 0) is 20.0 Å². The van der Waals surface area contributed by atoms with E-state index in [2.05, 4.69) is 0 Å². The van der Waals surface area contributed by atoms with Gasteiger partial charge in [0.2, 0.25) is 0 Å². The predicted octanol–water partition coefficient (Wildman–Crippen LogP) is 2.63. The van der Waals surface area contributed by atoms with Gasteiger partial charge >= 0.3 is 11.9 Å². The number of hydrogen-bond donors (Lipinski definition) is 1. The molecule has 1 rings (SSSR count). The fourth-order valence-electron chi connectivity index (χ4n) is 1.71.